The number of nitrogens with one attached hydrogen (secondary N) is 2. The lowest BCUT2D eigenvalue weighted by atomic mass is 9.64. The van der Waals surface area contributed by atoms with E-state index >= 15 is 0 Å². The summed E-state index contributed by atoms with van der Waals surface area (Å²) in [5, 5.41) is 4.90. The van der Waals surface area contributed by atoms with Gasteiger partial charge in [0.2, 0.25) is 0 Å². The zero-order chi connectivity index (χ0) is 17.6. The van der Waals surface area contributed by atoms with Crippen molar-refractivity contribution in [3.63, 3.8) is 0 Å². The number of allylic oxidation sites excluding steroid dienone is 1. The SMILES string of the molecule is CCC1=CC(C)CC2(C(=O)OC)c3[nH]c4ccccc4c3CCNC12. The van der Waals surface area contributed by atoms with Crippen LogP contribution >= 0.6 is 0 Å². The van der Waals surface area contributed by atoms with E-state index in [2.05, 4.69) is 48.4 Å². The van der Waals surface area contributed by atoms with Crippen LogP contribution in [0.25, 0.3) is 10.9 Å². The molecule has 132 valence electrons. The van der Waals surface area contributed by atoms with E-state index in [4.69, 9.17) is 4.74 Å². The van der Waals surface area contributed by atoms with Gasteiger partial charge in [-0.1, -0.05) is 43.7 Å². The van der Waals surface area contributed by atoms with Gasteiger partial charge in [-0.05, 0) is 43.4 Å². The molecule has 2 N–H and O–H groups in total. The molecule has 0 saturated carbocycles. The van der Waals surface area contributed by atoms with E-state index in [9.17, 15) is 4.79 Å². The molecule has 2 aromatic rings. The number of aromatic nitrogens is 1. The lowest BCUT2D eigenvalue weighted by Crippen LogP contribution is -2.57. The highest BCUT2D eigenvalue weighted by Gasteiger charge is 2.54. The highest BCUT2D eigenvalue weighted by Crippen LogP contribution is 2.47. The molecule has 3 atom stereocenters. The van der Waals surface area contributed by atoms with E-state index in [0.29, 0.717) is 5.92 Å². The zero-order valence-corrected chi connectivity index (χ0v) is 15.2. The maximum atomic E-state index is 13.2. The summed E-state index contributed by atoms with van der Waals surface area (Å²) in [6, 6.07) is 8.35. The van der Waals surface area contributed by atoms with Gasteiger partial charge in [-0.2, -0.15) is 0 Å². The molecule has 25 heavy (non-hydrogen) atoms. The molecule has 3 unspecified atom stereocenters. The third-order valence-electron chi connectivity index (χ3n) is 5.95. The number of para-hydroxylation sites is 1. The molecule has 0 saturated heterocycles. The highest BCUT2D eigenvalue weighted by molar-refractivity contribution is 5.92. The van der Waals surface area contributed by atoms with Crippen molar-refractivity contribution in [1.29, 1.82) is 0 Å². The van der Waals surface area contributed by atoms with Crippen LogP contribution < -0.4 is 5.32 Å². The van der Waals surface area contributed by atoms with Crippen LogP contribution in [0.1, 0.15) is 37.9 Å². The van der Waals surface area contributed by atoms with Gasteiger partial charge in [0.15, 0.2) is 0 Å². The Morgan fingerprint density at radius 3 is 2.92 bits per heavy atom. The Bertz CT molecular complexity index is 851. The van der Waals surface area contributed by atoms with E-state index in [0.717, 1.165) is 37.0 Å². The zero-order valence-electron chi connectivity index (χ0n) is 15.2. The summed E-state index contributed by atoms with van der Waals surface area (Å²) in [6.45, 7) is 5.23. The summed E-state index contributed by atoms with van der Waals surface area (Å²) in [5.41, 5.74) is 4.06. The molecule has 1 aromatic heterocycles. The number of carbonyl (C=O) groups excluding carboxylic acids is 1. The molecule has 0 radical (unpaired) electrons. The van der Waals surface area contributed by atoms with Crippen molar-refractivity contribution in [1.82, 2.24) is 10.3 Å². The first-order valence-corrected chi connectivity index (χ1v) is 9.24. The van der Waals surface area contributed by atoms with Gasteiger partial charge in [0.05, 0.1) is 7.11 Å². The van der Waals surface area contributed by atoms with Crippen LogP contribution in [0.5, 0.6) is 0 Å². The molecule has 0 bridgehead atoms. The van der Waals surface area contributed by atoms with Crippen molar-refractivity contribution in [3.8, 4) is 0 Å². The number of rotatable bonds is 2. The monoisotopic (exact) mass is 338 g/mol. The molecule has 4 nitrogen and oxygen atoms in total. The number of hydrogen-bond donors (Lipinski definition) is 2. The predicted molar refractivity (Wildman–Crippen MR) is 99.6 cm³/mol. The van der Waals surface area contributed by atoms with Crippen LogP contribution in [0.3, 0.4) is 0 Å². The van der Waals surface area contributed by atoms with Crippen LogP contribution in [0.2, 0.25) is 0 Å². The molecule has 0 spiro atoms. The maximum Gasteiger partial charge on any atom is 0.319 e. The van der Waals surface area contributed by atoms with Gasteiger partial charge in [-0.15, -0.1) is 0 Å². The fourth-order valence-corrected chi connectivity index (χ4v) is 5.00. The van der Waals surface area contributed by atoms with Crippen molar-refractivity contribution in [2.75, 3.05) is 13.7 Å². The minimum Gasteiger partial charge on any atom is -0.468 e. The summed E-state index contributed by atoms with van der Waals surface area (Å²) >= 11 is 0. The largest absolute Gasteiger partial charge is 0.468 e. The molecule has 2 heterocycles. The second kappa shape index (κ2) is 6.03. The normalized spacial score (nSPS) is 28.7. The average molecular weight is 338 g/mol. The molecule has 4 heteroatoms. The lowest BCUT2D eigenvalue weighted by molar-refractivity contribution is -0.149. The number of ether oxygens (including phenoxy) is 1. The Labute approximate surface area is 148 Å². The van der Waals surface area contributed by atoms with Crippen molar-refractivity contribution in [3.05, 3.63) is 47.2 Å². The van der Waals surface area contributed by atoms with Crippen LogP contribution in [0.15, 0.2) is 35.9 Å². The molecular formula is C21H26N2O2. The van der Waals surface area contributed by atoms with E-state index in [1.165, 1.54) is 23.6 Å². The summed E-state index contributed by atoms with van der Waals surface area (Å²) < 4.78 is 5.37. The molecule has 1 aromatic carbocycles. The molecular weight excluding hydrogens is 312 g/mol. The van der Waals surface area contributed by atoms with Gasteiger partial charge in [-0.25, -0.2) is 0 Å². The number of fused-ring (bicyclic) bond motifs is 5. The van der Waals surface area contributed by atoms with E-state index in [1.54, 1.807) is 0 Å². The number of H-pyrrole nitrogens is 1. The van der Waals surface area contributed by atoms with Gasteiger partial charge in [-0.3, -0.25) is 4.79 Å². The first kappa shape index (κ1) is 16.4. The molecule has 1 aliphatic carbocycles. The maximum absolute atomic E-state index is 13.2. The molecule has 4 rings (SSSR count). The van der Waals surface area contributed by atoms with E-state index in [-0.39, 0.29) is 12.0 Å². The van der Waals surface area contributed by atoms with Crippen LogP contribution in [-0.2, 0) is 21.4 Å². The molecule has 0 amide bonds. The first-order chi connectivity index (χ1) is 12.1. The van der Waals surface area contributed by atoms with Gasteiger partial charge >= 0.3 is 5.97 Å². The van der Waals surface area contributed by atoms with E-state index < -0.39 is 5.41 Å². The summed E-state index contributed by atoms with van der Waals surface area (Å²) in [5.74, 6) is 0.204. The van der Waals surface area contributed by atoms with Crippen molar-refractivity contribution < 1.29 is 9.53 Å². The highest BCUT2D eigenvalue weighted by atomic mass is 16.5. The summed E-state index contributed by atoms with van der Waals surface area (Å²) in [4.78, 5) is 16.8. The average Bonchev–Trinajstić information content (AvgIpc) is 2.92. The summed E-state index contributed by atoms with van der Waals surface area (Å²) in [6.07, 6.45) is 4.96. The molecule has 0 fully saturated rings. The van der Waals surface area contributed by atoms with Gasteiger partial charge < -0.3 is 15.0 Å². The number of aromatic amines is 1. The first-order valence-electron chi connectivity index (χ1n) is 9.24. The predicted octanol–water partition coefficient (Wildman–Crippen LogP) is 3.47. The smallest absolute Gasteiger partial charge is 0.319 e. The van der Waals surface area contributed by atoms with Crippen LogP contribution in [0.4, 0.5) is 0 Å². The second-order valence-corrected chi connectivity index (χ2v) is 7.40. The van der Waals surface area contributed by atoms with Gasteiger partial charge in [0.1, 0.15) is 5.41 Å². The molecule has 2 aliphatic rings. The lowest BCUT2D eigenvalue weighted by Gasteiger charge is -2.43. The topological polar surface area (TPSA) is 54.1 Å². The number of hydrogen-bond acceptors (Lipinski definition) is 3. The molecule has 1 aliphatic heterocycles. The van der Waals surface area contributed by atoms with Gasteiger partial charge in [0, 0.05) is 22.6 Å². The Hall–Kier alpha value is -2.07. The van der Waals surface area contributed by atoms with Crippen molar-refractivity contribution in [2.24, 2.45) is 5.92 Å². The Balaban J connectivity index is 2.03. The second-order valence-electron chi connectivity index (χ2n) is 7.40. The minimum absolute atomic E-state index is 0.00420. The summed E-state index contributed by atoms with van der Waals surface area (Å²) in [7, 11) is 1.51. The van der Waals surface area contributed by atoms with Crippen molar-refractivity contribution in [2.45, 2.75) is 44.6 Å². The third-order valence-corrected chi connectivity index (χ3v) is 5.95. The Kier molecular flexibility index (Phi) is 3.95. The fraction of sp³-hybridized carbons (Fsp3) is 0.476. The number of carbonyl (C=O) groups is 1. The minimum atomic E-state index is -0.681. The van der Waals surface area contributed by atoms with Gasteiger partial charge in [0.25, 0.3) is 0 Å². The van der Waals surface area contributed by atoms with Crippen LogP contribution in [-0.4, -0.2) is 30.6 Å². The Morgan fingerprint density at radius 1 is 1.36 bits per heavy atom. The number of benzene rings is 1. The number of esters is 1. The standard InChI is InChI=1S/C21H26N2O2/c1-4-14-11-13(2)12-21(20(24)25-3)18(14)22-10-9-16-15-7-5-6-8-17(15)23-19(16)21/h5-8,11,13,18,22-23H,4,9-10,12H2,1-3H3. The fourth-order valence-electron chi connectivity index (χ4n) is 5.00. The third kappa shape index (κ3) is 2.27. The van der Waals surface area contributed by atoms with Crippen LogP contribution in [0, 0.1) is 5.92 Å². The van der Waals surface area contributed by atoms with E-state index in [1.807, 2.05) is 6.07 Å². The number of methoxy groups -OCH3 is 1. The Morgan fingerprint density at radius 2 is 2.16 bits per heavy atom. The van der Waals surface area contributed by atoms with Crippen molar-refractivity contribution >= 4 is 16.9 Å². The quantitative estimate of drug-likeness (QED) is 0.651.